The highest BCUT2D eigenvalue weighted by Gasteiger charge is 2.22. The summed E-state index contributed by atoms with van der Waals surface area (Å²) in [6.07, 6.45) is 4.09. The molecule has 3 amide bonds. The van der Waals surface area contributed by atoms with Gasteiger partial charge in [0.15, 0.2) is 0 Å². The summed E-state index contributed by atoms with van der Waals surface area (Å²) < 4.78 is 1.93. The summed E-state index contributed by atoms with van der Waals surface area (Å²) in [4.78, 5) is 39.4. The van der Waals surface area contributed by atoms with Crippen molar-refractivity contribution in [3.63, 3.8) is 0 Å². The molecule has 27 heavy (non-hydrogen) atoms. The van der Waals surface area contributed by atoms with Crippen LogP contribution in [0.2, 0.25) is 0 Å². The molecule has 1 aromatic heterocycles. The molecule has 1 aliphatic rings. The first-order valence-corrected chi connectivity index (χ1v) is 9.09. The summed E-state index contributed by atoms with van der Waals surface area (Å²) >= 11 is 0. The number of benzene rings is 1. The van der Waals surface area contributed by atoms with Crippen molar-refractivity contribution in [3.05, 3.63) is 54.4 Å². The van der Waals surface area contributed by atoms with Crippen LogP contribution in [0.1, 0.15) is 23.7 Å². The van der Waals surface area contributed by atoms with Crippen molar-refractivity contribution in [1.82, 2.24) is 19.7 Å². The Morgan fingerprint density at radius 1 is 0.963 bits per heavy atom. The van der Waals surface area contributed by atoms with Crippen LogP contribution < -0.4 is 5.32 Å². The summed E-state index contributed by atoms with van der Waals surface area (Å²) in [7, 11) is 0. The monoisotopic (exact) mass is 368 g/mol. The van der Waals surface area contributed by atoms with Crippen LogP contribution in [0.4, 0.5) is 0 Å². The molecule has 1 N–H and O–H groups in total. The second kappa shape index (κ2) is 8.53. The SMILES string of the molecule is CC(=O)N1CCN(C(=O)CCNC(=O)c2cccc(-n3cccc3)c2)CC1. The molecule has 1 aliphatic heterocycles. The summed E-state index contributed by atoms with van der Waals surface area (Å²) in [5, 5.41) is 2.81. The van der Waals surface area contributed by atoms with E-state index in [-0.39, 0.29) is 24.1 Å². The summed E-state index contributed by atoms with van der Waals surface area (Å²) in [5.41, 5.74) is 1.47. The average Bonchev–Trinajstić information content (AvgIpc) is 3.23. The number of hydrogen-bond acceptors (Lipinski definition) is 3. The Balaban J connectivity index is 1.47. The Morgan fingerprint density at radius 2 is 1.63 bits per heavy atom. The molecule has 1 saturated heterocycles. The van der Waals surface area contributed by atoms with Gasteiger partial charge in [-0.2, -0.15) is 0 Å². The van der Waals surface area contributed by atoms with E-state index >= 15 is 0 Å². The van der Waals surface area contributed by atoms with E-state index in [1.807, 2.05) is 47.3 Å². The molecule has 3 rings (SSSR count). The summed E-state index contributed by atoms with van der Waals surface area (Å²) in [5.74, 6) is -0.158. The smallest absolute Gasteiger partial charge is 0.251 e. The lowest BCUT2D eigenvalue weighted by Crippen LogP contribution is -2.50. The third kappa shape index (κ3) is 4.75. The van der Waals surface area contributed by atoms with Gasteiger partial charge in [-0.25, -0.2) is 0 Å². The molecular formula is C20H24N4O3. The first kappa shape index (κ1) is 18.7. The number of piperazine rings is 1. The zero-order valence-corrected chi connectivity index (χ0v) is 15.4. The second-order valence-electron chi connectivity index (χ2n) is 6.53. The van der Waals surface area contributed by atoms with Crippen molar-refractivity contribution in [2.24, 2.45) is 0 Å². The second-order valence-corrected chi connectivity index (χ2v) is 6.53. The van der Waals surface area contributed by atoms with Crippen LogP contribution >= 0.6 is 0 Å². The Morgan fingerprint density at radius 3 is 2.30 bits per heavy atom. The molecule has 0 saturated carbocycles. The lowest BCUT2D eigenvalue weighted by molar-refractivity contribution is -0.138. The molecule has 0 aliphatic carbocycles. The molecule has 0 spiro atoms. The Kier molecular flexibility index (Phi) is 5.90. The highest BCUT2D eigenvalue weighted by Crippen LogP contribution is 2.11. The minimum absolute atomic E-state index is 0.000376. The molecule has 0 unspecified atom stereocenters. The average molecular weight is 368 g/mol. The Bertz CT molecular complexity index is 808. The van der Waals surface area contributed by atoms with E-state index in [9.17, 15) is 14.4 Å². The lowest BCUT2D eigenvalue weighted by atomic mass is 10.2. The van der Waals surface area contributed by atoms with Crippen molar-refractivity contribution >= 4 is 17.7 Å². The minimum Gasteiger partial charge on any atom is -0.352 e. The summed E-state index contributed by atoms with van der Waals surface area (Å²) in [6, 6.07) is 11.2. The maximum absolute atomic E-state index is 12.4. The number of nitrogens with zero attached hydrogens (tertiary/aromatic N) is 3. The molecule has 0 radical (unpaired) electrons. The Hall–Kier alpha value is -3.09. The normalized spacial score (nSPS) is 14.1. The number of aromatic nitrogens is 1. The van der Waals surface area contributed by atoms with Crippen molar-refractivity contribution < 1.29 is 14.4 Å². The molecule has 0 bridgehead atoms. The van der Waals surface area contributed by atoms with Gasteiger partial charge in [-0.3, -0.25) is 14.4 Å². The van der Waals surface area contributed by atoms with E-state index in [1.54, 1.807) is 15.9 Å². The number of rotatable bonds is 5. The summed E-state index contributed by atoms with van der Waals surface area (Å²) in [6.45, 7) is 4.06. The van der Waals surface area contributed by atoms with Crippen molar-refractivity contribution in [2.45, 2.75) is 13.3 Å². The zero-order chi connectivity index (χ0) is 19.2. The van der Waals surface area contributed by atoms with Gasteiger partial charge < -0.3 is 19.7 Å². The number of amides is 3. The van der Waals surface area contributed by atoms with Crippen molar-refractivity contribution in [1.29, 1.82) is 0 Å². The van der Waals surface area contributed by atoms with Gasteiger partial charge in [0.25, 0.3) is 5.91 Å². The fourth-order valence-corrected chi connectivity index (χ4v) is 3.13. The van der Waals surface area contributed by atoms with Crippen molar-refractivity contribution in [2.75, 3.05) is 32.7 Å². The molecule has 2 aromatic rings. The molecule has 2 heterocycles. The van der Waals surface area contributed by atoms with E-state index in [1.165, 1.54) is 6.92 Å². The van der Waals surface area contributed by atoms with Crippen molar-refractivity contribution in [3.8, 4) is 5.69 Å². The maximum Gasteiger partial charge on any atom is 0.251 e. The van der Waals surface area contributed by atoms with Crippen LogP contribution in [0.25, 0.3) is 5.69 Å². The molecule has 142 valence electrons. The first-order chi connectivity index (χ1) is 13.0. The molecule has 7 heteroatoms. The highest BCUT2D eigenvalue weighted by atomic mass is 16.2. The molecule has 7 nitrogen and oxygen atoms in total. The van der Waals surface area contributed by atoms with E-state index in [0.717, 1.165) is 5.69 Å². The first-order valence-electron chi connectivity index (χ1n) is 9.09. The van der Waals surface area contributed by atoms with E-state index in [2.05, 4.69) is 5.32 Å². The predicted molar refractivity (Wildman–Crippen MR) is 102 cm³/mol. The van der Waals surface area contributed by atoms with E-state index < -0.39 is 0 Å². The van der Waals surface area contributed by atoms with Gasteiger partial charge in [0.05, 0.1) is 0 Å². The molecule has 1 fully saturated rings. The molecule has 1 aromatic carbocycles. The van der Waals surface area contributed by atoms with Gasteiger partial charge in [-0.15, -0.1) is 0 Å². The highest BCUT2D eigenvalue weighted by molar-refractivity contribution is 5.95. The standard InChI is InChI=1S/C20H24N4O3/c1-16(25)22-11-13-24(14-12-22)19(26)7-8-21-20(27)17-5-4-6-18(15-17)23-9-2-3-10-23/h2-6,9-10,15H,7-8,11-14H2,1H3,(H,21,27). The van der Waals surface area contributed by atoms with Gasteiger partial charge in [0.1, 0.15) is 0 Å². The predicted octanol–water partition coefficient (Wildman–Crippen LogP) is 1.29. The van der Waals surface area contributed by atoms with Crippen LogP contribution in [0.3, 0.4) is 0 Å². The van der Waals surface area contributed by atoms with Crippen LogP contribution in [0, 0.1) is 0 Å². The van der Waals surface area contributed by atoms with Gasteiger partial charge >= 0.3 is 0 Å². The molecule has 0 atom stereocenters. The van der Waals surface area contributed by atoms with Gasteiger partial charge in [-0.1, -0.05) is 6.07 Å². The minimum atomic E-state index is -0.196. The fourth-order valence-electron chi connectivity index (χ4n) is 3.13. The Labute approximate surface area is 158 Å². The number of nitrogens with one attached hydrogen (secondary N) is 1. The van der Waals surface area contributed by atoms with Crippen LogP contribution in [-0.2, 0) is 9.59 Å². The van der Waals surface area contributed by atoms with Crippen LogP contribution in [0.5, 0.6) is 0 Å². The third-order valence-electron chi connectivity index (χ3n) is 4.71. The topological polar surface area (TPSA) is 74.7 Å². The maximum atomic E-state index is 12.4. The zero-order valence-electron chi connectivity index (χ0n) is 15.4. The largest absolute Gasteiger partial charge is 0.352 e. The van der Waals surface area contributed by atoms with Gasteiger partial charge in [-0.05, 0) is 30.3 Å². The number of carbonyl (C=O) groups is 3. The molecular weight excluding hydrogens is 344 g/mol. The van der Waals surface area contributed by atoms with Gasteiger partial charge in [0.2, 0.25) is 11.8 Å². The van der Waals surface area contributed by atoms with Crippen LogP contribution in [0.15, 0.2) is 48.8 Å². The number of hydrogen-bond donors (Lipinski definition) is 1. The lowest BCUT2D eigenvalue weighted by Gasteiger charge is -2.34. The number of carbonyl (C=O) groups excluding carboxylic acids is 3. The third-order valence-corrected chi connectivity index (χ3v) is 4.71. The van der Waals surface area contributed by atoms with Gasteiger partial charge in [0, 0.05) is 69.7 Å². The van der Waals surface area contributed by atoms with E-state index in [4.69, 9.17) is 0 Å². The fraction of sp³-hybridized carbons (Fsp3) is 0.350. The quantitative estimate of drug-likeness (QED) is 0.864. The van der Waals surface area contributed by atoms with Crippen LogP contribution in [-0.4, -0.2) is 64.8 Å². The van der Waals surface area contributed by atoms with E-state index in [0.29, 0.717) is 38.3 Å².